The molecule has 1 unspecified atom stereocenters. The normalized spacial score (nSPS) is 19.0. The van der Waals surface area contributed by atoms with Crippen LogP contribution in [0.5, 0.6) is 0 Å². The van der Waals surface area contributed by atoms with Crippen LogP contribution in [0.3, 0.4) is 0 Å². The second kappa shape index (κ2) is 6.88. The summed E-state index contributed by atoms with van der Waals surface area (Å²) in [4.78, 5) is 35.4. The van der Waals surface area contributed by atoms with Crippen LogP contribution >= 0.6 is 0 Å². The first kappa shape index (κ1) is 17.7. The van der Waals surface area contributed by atoms with Gasteiger partial charge in [-0.3, -0.25) is 14.6 Å². The number of carbonyl (C=O) groups excluding carboxylic acids is 2. The van der Waals surface area contributed by atoms with Crippen molar-refractivity contribution >= 4 is 11.8 Å². The number of amides is 2. The third kappa shape index (κ3) is 3.10. The van der Waals surface area contributed by atoms with Crippen LogP contribution < -0.4 is 5.32 Å². The molecule has 29 heavy (non-hydrogen) atoms. The predicted octanol–water partition coefficient (Wildman–Crippen LogP) is 1.92. The Kier molecular flexibility index (Phi) is 4.19. The lowest BCUT2D eigenvalue weighted by atomic mass is 9.85. The van der Waals surface area contributed by atoms with Gasteiger partial charge in [-0.15, -0.1) is 0 Å². The fraction of sp³-hybridized carbons (Fsp3) is 0.333. The van der Waals surface area contributed by atoms with Crippen molar-refractivity contribution in [1.29, 1.82) is 0 Å². The van der Waals surface area contributed by atoms with Crippen molar-refractivity contribution in [3.05, 3.63) is 72.5 Å². The second-order valence-electron chi connectivity index (χ2n) is 7.68. The highest BCUT2D eigenvalue weighted by Crippen LogP contribution is 2.44. The maximum atomic E-state index is 12.6. The minimum atomic E-state index is -0.192. The van der Waals surface area contributed by atoms with Crippen molar-refractivity contribution in [2.24, 2.45) is 0 Å². The van der Waals surface area contributed by atoms with Crippen LogP contribution in [0.2, 0.25) is 0 Å². The van der Waals surface area contributed by atoms with Gasteiger partial charge in [0.05, 0.1) is 17.8 Å². The summed E-state index contributed by atoms with van der Waals surface area (Å²) < 4.78 is 7.43. The number of likely N-dealkylation sites (tertiary alicyclic amines) is 1. The highest BCUT2D eigenvalue weighted by Gasteiger charge is 2.53. The number of carbonyl (C=O) groups is 2. The molecule has 8 nitrogen and oxygen atoms in total. The lowest BCUT2D eigenvalue weighted by Crippen LogP contribution is -2.63. The third-order valence-electron chi connectivity index (χ3n) is 5.81. The Labute approximate surface area is 167 Å². The molecule has 1 spiro atoms. The van der Waals surface area contributed by atoms with Gasteiger partial charge in [-0.1, -0.05) is 0 Å². The molecule has 2 amide bonds. The quantitative estimate of drug-likeness (QED) is 0.717. The average Bonchev–Trinajstić information content (AvgIpc) is 3.44. The molecule has 1 fully saturated rings. The Bertz CT molecular complexity index is 1020. The zero-order valence-electron chi connectivity index (χ0n) is 15.8. The van der Waals surface area contributed by atoms with Crippen molar-refractivity contribution in [1.82, 2.24) is 24.8 Å². The number of pyridine rings is 1. The van der Waals surface area contributed by atoms with Gasteiger partial charge >= 0.3 is 0 Å². The van der Waals surface area contributed by atoms with Gasteiger partial charge in [0.15, 0.2) is 0 Å². The number of imidazole rings is 1. The monoisotopic (exact) mass is 391 g/mol. The van der Waals surface area contributed by atoms with Crippen LogP contribution in [0.15, 0.2) is 59.7 Å². The van der Waals surface area contributed by atoms with Crippen LogP contribution in [0.4, 0.5) is 0 Å². The standard InChI is InChI=1S/C21H21N5O3/c27-18(4-3-16-2-1-11-29-16)25-13-21(14-25)12-17(19-23-9-10-26(19)21)24-20(28)15-5-7-22-8-6-15/h1-2,5-11,17H,3-4,12-14H2,(H,24,28). The minimum Gasteiger partial charge on any atom is -0.469 e. The number of hydrogen-bond acceptors (Lipinski definition) is 5. The molecular formula is C21H21N5O3. The molecule has 3 aromatic rings. The zero-order valence-corrected chi connectivity index (χ0v) is 15.8. The summed E-state index contributed by atoms with van der Waals surface area (Å²) in [6.45, 7) is 1.27. The molecule has 5 rings (SSSR count). The molecule has 0 bridgehead atoms. The molecule has 1 atom stereocenters. The first-order chi connectivity index (χ1) is 14.1. The number of fused-ring (bicyclic) bond motifs is 2. The number of nitrogens with zero attached hydrogens (tertiary/aromatic N) is 4. The van der Waals surface area contributed by atoms with Crippen molar-refractivity contribution in [2.75, 3.05) is 13.1 Å². The maximum Gasteiger partial charge on any atom is 0.251 e. The number of aryl methyl sites for hydroxylation is 1. The smallest absolute Gasteiger partial charge is 0.251 e. The van der Waals surface area contributed by atoms with E-state index in [1.807, 2.05) is 23.2 Å². The summed E-state index contributed by atoms with van der Waals surface area (Å²) in [5.74, 6) is 1.65. The van der Waals surface area contributed by atoms with E-state index in [1.165, 1.54) is 0 Å². The molecule has 0 aromatic carbocycles. The van der Waals surface area contributed by atoms with Gasteiger partial charge < -0.3 is 19.2 Å². The summed E-state index contributed by atoms with van der Waals surface area (Å²) in [7, 11) is 0. The van der Waals surface area contributed by atoms with Gasteiger partial charge in [0, 0.05) is 62.7 Å². The van der Waals surface area contributed by atoms with E-state index in [2.05, 4.69) is 19.9 Å². The number of hydrogen-bond donors (Lipinski definition) is 1. The zero-order chi connectivity index (χ0) is 19.8. The summed E-state index contributed by atoms with van der Waals surface area (Å²) >= 11 is 0. The maximum absolute atomic E-state index is 12.6. The number of nitrogens with one attached hydrogen (secondary N) is 1. The average molecular weight is 391 g/mol. The van der Waals surface area contributed by atoms with Crippen LogP contribution in [0.1, 0.15) is 40.8 Å². The molecular weight excluding hydrogens is 370 g/mol. The van der Waals surface area contributed by atoms with Gasteiger partial charge in [-0.2, -0.15) is 0 Å². The second-order valence-corrected chi connectivity index (χ2v) is 7.68. The van der Waals surface area contributed by atoms with E-state index in [9.17, 15) is 9.59 Å². The molecule has 0 aliphatic carbocycles. The van der Waals surface area contributed by atoms with Gasteiger partial charge in [0.2, 0.25) is 5.91 Å². The lowest BCUT2D eigenvalue weighted by molar-refractivity contribution is -0.142. The molecule has 8 heteroatoms. The highest BCUT2D eigenvalue weighted by molar-refractivity contribution is 5.94. The van der Waals surface area contributed by atoms with E-state index < -0.39 is 0 Å². The lowest BCUT2D eigenvalue weighted by Gasteiger charge is -2.49. The minimum absolute atomic E-state index is 0.123. The Morgan fingerprint density at radius 3 is 2.79 bits per heavy atom. The number of aromatic nitrogens is 3. The van der Waals surface area contributed by atoms with Crippen LogP contribution in [0, 0.1) is 0 Å². The summed E-state index contributed by atoms with van der Waals surface area (Å²) in [6.07, 6.45) is 10.3. The highest BCUT2D eigenvalue weighted by atomic mass is 16.3. The van der Waals surface area contributed by atoms with E-state index in [-0.39, 0.29) is 23.4 Å². The largest absolute Gasteiger partial charge is 0.469 e. The van der Waals surface area contributed by atoms with E-state index >= 15 is 0 Å². The number of rotatable bonds is 5. The Morgan fingerprint density at radius 2 is 2.03 bits per heavy atom. The third-order valence-corrected chi connectivity index (χ3v) is 5.81. The van der Waals surface area contributed by atoms with Gasteiger partial charge in [-0.05, 0) is 24.3 Å². The molecule has 2 aliphatic heterocycles. The summed E-state index contributed by atoms with van der Waals surface area (Å²) in [6, 6.07) is 6.92. The fourth-order valence-electron chi connectivity index (χ4n) is 4.37. The van der Waals surface area contributed by atoms with Gasteiger partial charge in [0.1, 0.15) is 11.6 Å². The van der Waals surface area contributed by atoms with E-state index in [4.69, 9.17) is 4.42 Å². The summed E-state index contributed by atoms with van der Waals surface area (Å²) in [5.41, 5.74) is 0.380. The van der Waals surface area contributed by atoms with Crippen LogP contribution in [-0.4, -0.2) is 44.3 Å². The molecule has 2 aliphatic rings. The Hall–Kier alpha value is -3.42. The van der Waals surface area contributed by atoms with Crippen molar-refractivity contribution in [2.45, 2.75) is 30.8 Å². The predicted molar refractivity (Wildman–Crippen MR) is 103 cm³/mol. The van der Waals surface area contributed by atoms with Gasteiger partial charge in [0.25, 0.3) is 5.91 Å². The fourth-order valence-corrected chi connectivity index (χ4v) is 4.37. The van der Waals surface area contributed by atoms with Gasteiger partial charge in [-0.25, -0.2) is 4.98 Å². The van der Waals surface area contributed by atoms with E-state index in [1.54, 1.807) is 37.0 Å². The number of furan rings is 1. The van der Waals surface area contributed by atoms with E-state index in [0.717, 1.165) is 18.0 Å². The first-order valence-electron chi connectivity index (χ1n) is 9.69. The van der Waals surface area contributed by atoms with Crippen molar-refractivity contribution in [3.63, 3.8) is 0 Å². The van der Waals surface area contributed by atoms with Crippen molar-refractivity contribution < 1.29 is 14.0 Å². The topological polar surface area (TPSA) is 93.3 Å². The molecule has 1 N–H and O–H groups in total. The van der Waals surface area contributed by atoms with E-state index in [0.29, 0.717) is 31.5 Å². The molecule has 0 saturated carbocycles. The van der Waals surface area contributed by atoms with Crippen LogP contribution in [0.25, 0.3) is 0 Å². The molecule has 5 heterocycles. The molecule has 3 aromatic heterocycles. The molecule has 148 valence electrons. The summed E-state index contributed by atoms with van der Waals surface area (Å²) in [5, 5.41) is 3.08. The molecule has 1 saturated heterocycles. The molecule has 0 radical (unpaired) electrons. The van der Waals surface area contributed by atoms with Crippen LogP contribution in [-0.2, 0) is 16.8 Å². The Balaban J connectivity index is 1.24. The Morgan fingerprint density at radius 1 is 1.21 bits per heavy atom. The first-order valence-corrected chi connectivity index (χ1v) is 9.69. The SMILES string of the molecule is O=C(NC1CC2(CN(C(=O)CCc3ccco3)C2)n2ccnc21)c1ccncc1. The van der Waals surface area contributed by atoms with Crippen molar-refractivity contribution in [3.8, 4) is 0 Å².